The average Bonchev–Trinajstić information content (AvgIpc) is 2.24. The largest absolute Gasteiger partial charge is 0.671 e. The predicted octanol–water partition coefficient (Wildman–Crippen LogP) is 5.23. The molecule has 1 N–H and O–H groups in total. The Morgan fingerprint density at radius 1 is 1.06 bits per heavy atom. The van der Waals surface area contributed by atoms with Crippen LogP contribution in [0.15, 0.2) is 18.2 Å². The Bertz CT molecular complexity index is 421. The summed E-state index contributed by atoms with van der Waals surface area (Å²) in [6.07, 6.45) is -9.64. The van der Waals surface area contributed by atoms with Crippen molar-refractivity contribution in [3.05, 3.63) is 40.6 Å². The average molecular weight is 270 g/mol. The van der Waals surface area contributed by atoms with Gasteiger partial charge in [-0.25, -0.2) is 0 Å². The van der Waals surface area contributed by atoms with E-state index in [-0.39, 0.29) is 12.5 Å². The van der Waals surface area contributed by atoms with Gasteiger partial charge in [0.1, 0.15) is 0 Å². The van der Waals surface area contributed by atoms with Crippen molar-refractivity contribution in [2.45, 2.75) is 31.7 Å². The van der Waals surface area contributed by atoms with Gasteiger partial charge in [0.2, 0.25) is 0 Å². The molecule has 0 fully saturated rings. The Hall–Kier alpha value is -1.24. The highest BCUT2D eigenvalue weighted by Crippen LogP contribution is 2.40. The van der Waals surface area contributed by atoms with Crippen molar-refractivity contribution in [2.24, 2.45) is 0 Å². The molecule has 1 aromatic rings. The lowest BCUT2D eigenvalue weighted by Crippen LogP contribution is -2.14. The second-order valence-electron chi connectivity index (χ2n) is 3.76. The summed E-state index contributed by atoms with van der Waals surface area (Å²) in [6.45, 7) is 1.50. The van der Waals surface area contributed by atoms with E-state index in [2.05, 4.69) is 0 Å². The molecule has 0 saturated carbocycles. The summed E-state index contributed by atoms with van der Waals surface area (Å²) in [5.74, 6) is 0. The molecule has 18 heavy (non-hydrogen) atoms. The smallest absolute Gasteiger partial charge is 0.416 e. The van der Waals surface area contributed by atoms with Gasteiger partial charge < -0.3 is 5.73 Å². The summed E-state index contributed by atoms with van der Waals surface area (Å²) in [5, 5.41) is 0. The number of benzene rings is 1. The van der Waals surface area contributed by atoms with Crippen LogP contribution in [0.5, 0.6) is 0 Å². The van der Waals surface area contributed by atoms with Crippen LogP contribution < -0.4 is 0 Å². The number of hydrogen-bond acceptors (Lipinski definition) is 0. The summed E-state index contributed by atoms with van der Waals surface area (Å²) in [5.41, 5.74) is 4.25. The van der Waals surface area contributed by atoms with E-state index in [1.807, 2.05) is 0 Å². The fourth-order valence-electron chi connectivity index (χ4n) is 1.50. The van der Waals surface area contributed by atoms with Crippen molar-refractivity contribution >= 4 is 0 Å². The molecule has 7 heteroatoms. The van der Waals surface area contributed by atoms with Crippen LogP contribution in [-0.4, -0.2) is 0 Å². The molecule has 0 aliphatic carbocycles. The van der Waals surface area contributed by atoms with Gasteiger partial charge in [-0.15, -0.1) is 6.04 Å². The Morgan fingerprint density at radius 3 is 2.00 bits per heavy atom. The van der Waals surface area contributed by atoms with Crippen LogP contribution in [0.2, 0.25) is 0 Å². The van der Waals surface area contributed by atoms with E-state index in [4.69, 9.17) is 5.73 Å². The van der Waals surface area contributed by atoms with Gasteiger partial charge in [0.15, 0.2) is 0 Å². The first-order valence-corrected chi connectivity index (χ1v) is 5.06. The molecule has 1 atom stereocenters. The molecule has 0 aliphatic heterocycles. The highest BCUT2D eigenvalue weighted by molar-refractivity contribution is 5.38. The number of halogens is 6. The molecule has 0 aromatic heterocycles. The zero-order chi connectivity index (χ0) is 14.1. The minimum Gasteiger partial charge on any atom is -0.671 e. The van der Waals surface area contributed by atoms with E-state index in [0.29, 0.717) is 6.07 Å². The molecule has 1 rings (SSSR count). The molecular weight excluding hydrogens is 260 g/mol. The van der Waals surface area contributed by atoms with Crippen LogP contribution in [0.3, 0.4) is 0 Å². The molecule has 0 aliphatic rings. The lowest BCUT2D eigenvalue weighted by molar-refractivity contribution is -0.143. The Kier molecular flexibility index (Phi) is 3.95. The maximum Gasteiger partial charge on any atom is 0.416 e. The SMILES string of the molecule is CC[C@@H]([NH-])c1ccc(C(F)(F)F)cc1C(F)(F)F. The van der Waals surface area contributed by atoms with Gasteiger partial charge in [0.05, 0.1) is 11.1 Å². The molecule has 0 heterocycles. The monoisotopic (exact) mass is 270 g/mol. The topological polar surface area (TPSA) is 23.8 Å². The third kappa shape index (κ3) is 3.16. The summed E-state index contributed by atoms with van der Waals surface area (Å²) < 4.78 is 75.1. The molecular formula is C11H10F6N-. The summed E-state index contributed by atoms with van der Waals surface area (Å²) in [4.78, 5) is 0. The van der Waals surface area contributed by atoms with Crippen LogP contribution in [0.25, 0.3) is 5.73 Å². The molecule has 0 unspecified atom stereocenters. The van der Waals surface area contributed by atoms with Gasteiger partial charge in [-0.1, -0.05) is 25.0 Å². The maximum atomic E-state index is 12.7. The van der Waals surface area contributed by atoms with Crippen molar-refractivity contribution in [1.29, 1.82) is 0 Å². The van der Waals surface area contributed by atoms with E-state index >= 15 is 0 Å². The number of hydrogen-bond donors (Lipinski definition) is 0. The number of alkyl halides is 6. The van der Waals surface area contributed by atoms with E-state index in [1.54, 1.807) is 0 Å². The molecule has 0 spiro atoms. The second-order valence-corrected chi connectivity index (χ2v) is 3.76. The van der Waals surface area contributed by atoms with Gasteiger partial charge in [-0.05, 0) is 12.1 Å². The quantitative estimate of drug-likeness (QED) is 0.657. The van der Waals surface area contributed by atoms with Crippen LogP contribution in [-0.2, 0) is 12.4 Å². The minimum absolute atomic E-state index is 0.0620. The maximum absolute atomic E-state index is 12.7. The normalized spacial score (nSPS) is 14.7. The van der Waals surface area contributed by atoms with E-state index in [1.165, 1.54) is 6.92 Å². The first-order chi connectivity index (χ1) is 8.07. The molecule has 0 saturated heterocycles. The highest BCUT2D eigenvalue weighted by Gasteiger charge is 2.38. The van der Waals surface area contributed by atoms with Gasteiger partial charge in [-0.3, -0.25) is 0 Å². The standard InChI is InChI=1S/C11H10F6N/c1-2-9(18)7-4-3-6(10(12,13)14)5-8(7)11(15,16)17/h3-5,9,18H,2H2,1H3/q-1/t9-/m1/s1. The van der Waals surface area contributed by atoms with E-state index in [0.717, 1.165) is 6.07 Å². The number of nitrogens with one attached hydrogen (secondary N) is 1. The van der Waals surface area contributed by atoms with Crippen LogP contribution in [0.1, 0.15) is 36.1 Å². The first-order valence-electron chi connectivity index (χ1n) is 5.06. The van der Waals surface area contributed by atoms with Crippen LogP contribution >= 0.6 is 0 Å². The Balaban J connectivity index is 3.40. The van der Waals surface area contributed by atoms with Gasteiger partial charge >= 0.3 is 12.4 Å². The van der Waals surface area contributed by atoms with Crippen molar-refractivity contribution in [1.82, 2.24) is 0 Å². The predicted molar refractivity (Wildman–Crippen MR) is 53.8 cm³/mol. The van der Waals surface area contributed by atoms with Crippen molar-refractivity contribution < 1.29 is 26.3 Å². The summed E-state index contributed by atoms with van der Waals surface area (Å²) in [7, 11) is 0. The van der Waals surface area contributed by atoms with Crippen molar-refractivity contribution in [3.8, 4) is 0 Å². The van der Waals surface area contributed by atoms with Gasteiger partial charge in [0.25, 0.3) is 0 Å². The zero-order valence-electron chi connectivity index (χ0n) is 9.28. The molecule has 0 amide bonds. The Morgan fingerprint density at radius 2 is 1.61 bits per heavy atom. The van der Waals surface area contributed by atoms with Crippen LogP contribution in [0.4, 0.5) is 26.3 Å². The van der Waals surface area contributed by atoms with Crippen LogP contribution in [0, 0.1) is 0 Å². The molecule has 0 radical (unpaired) electrons. The third-order valence-electron chi connectivity index (χ3n) is 2.47. The molecule has 102 valence electrons. The molecule has 1 aromatic carbocycles. The van der Waals surface area contributed by atoms with Crippen molar-refractivity contribution in [2.75, 3.05) is 0 Å². The molecule has 1 nitrogen and oxygen atoms in total. The summed E-state index contributed by atoms with van der Waals surface area (Å²) in [6, 6.07) is 0.171. The fourth-order valence-corrected chi connectivity index (χ4v) is 1.50. The van der Waals surface area contributed by atoms with Gasteiger partial charge in [-0.2, -0.15) is 26.3 Å². The highest BCUT2D eigenvalue weighted by atomic mass is 19.4. The summed E-state index contributed by atoms with van der Waals surface area (Å²) >= 11 is 0. The molecule has 0 bridgehead atoms. The first kappa shape index (κ1) is 14.8. The number of rotatable bonds is 2. The minimum atomic E-state index is -4.90. The zero-order valence-corrected chi connectivity index (χ0v) is 9.28. The van der Waals surface area contributed by atoms with Gasteiger partial charge in [0, 0.05) is 0 Å². The third-order valence-corrected chi connectivity index (χ3v) is 2.47. The fraction of sp³-hybridized carbons (Fsp3) is 0.455. The lowest BCUT2D eigenvalue weighted by Gasteiger charge is -2.24. The van der Waals surface area contributed by atoms with E-state index in [9.17, 15) is 26.3 Å². The van der Waals surface area contributed by atoms with E-state index < -0.39 is 35.1 Å². The van der Waals surface area contributed by atoms with Crippen molar-refractivity contribution in [3.63, 3.8) is 0 Å². The second kappa shape index (κ2) is 4.79. The Labute approximate surface area is 99.6 Å². The lowest BCUT2D eigenvalue weighted by atomic mass is 9.96.